The van der Waals surface area contributed by atoms with Gasteiger partial charge in [-0.2, -0.15) is 0 Å². The van der Waals surface area contributed by atoms with Crippen molar-refractivity contribution in [1.82, 2.24) is 5.32 Å². The Labute approximate surface area is 130 Å². The lowest BCUT2D eigenvalue weighted by Gasteiger charge is -2.27. The highest BCUT2D eigenvalue weighted by atomic mass is 79.9. The van der Waals surface area contributed by atoms with E-state index in [9.17, 15) is 4.39 Å². The van der Waals surface area contributed by atoms with E-state index in [1.807, 2.05) is 6.07 Å². The van der Waals surface area contributed by atoms with Crippen molar-refractivity contribution in [3.63, 3.8) is 0 Å². The Kier molecular flexibility index (Phi) is 6.03. The van der Waals surface area contributed by atoms with Gasteiger partial charge in [-0.3, -0.25) is 0 Å². The van der Waals surface area contributed by atoms with Crippen LogP contribution in [-0.4, -0.2) is 6.04 Å². The summed E-state index contributed by atoms with van der Waals surface area (Å²) in [6, 6.07) is 5.66. The summed E-state index contributed by atoms with van der Waals surface area (Å²) >= 11 is 3.42. The van der Waals surface area contributed by atoms with E-state index < -0.39 is 0 Å². The highest BCUT2D eigenvalue weighted by Crippen LogP contribution is 2.28. The van der Waals surface area contributed by atoms with Gasteiger partial charge in [0.25, 0.3) is 0 Å². The number of rotatable bonds is 4. The molecule has 20 heavy (non-hydrogen) atoms. The van der Waals surface area contributed by atoms with Crippen LogP contribution < -0.4 is 5.32 Å². The van der Waals surface area contributed by atoms with Gasteiger partial charge in [0.1, 0.15) is 5.82 Å². The lowest BCUT2D eigenvalue weighted by atomic mass is 9.92. The second-order valence-corrected chi connectivity index (χ2v) is 7.01. The molecule has 1 aliphatic carbocycles. The molecule has 1 aliphatic rings. The van der Waals surface area contributed by atoms with E-state index in [1.165, 1.54) is 44.6 Å². The normalized spacial score (nSPS) is 20.4. The maximum absolute atomic E-state index is 13.9. The SMILES string of the molecule is CC(N[C@H](C)C1CCCCCC1)c1cc(Br)ccc1F. The molecule has 0 amide bonds. The van der Waals surface area contributed by atoms with E-state index in [0.717, 1.165) is 16.0 Å². The van der Waals surface area contributed by atoms with Crippen LogP contribution in [0.4, 0.5) is 4.39 Å². The molecule has 0 aromatic heterocycles. The van der Waals surface area contributed by atoms with Crippen LogP contribution in [0.15, 0.2) is 22.7 Å². The van der Waals surface area contributed by atoms with Crippen molar-refractivity contribution >= 4 is 15.9 Å². The molecule has 1 saturated carbocycles. The Bertz CT molecular complexity index is 427. The summed E-state index contributed by atoms with van der Waals surface area (Å²) in [7, 11) is 0. The first-order valence-corrected chi connectivity index (χ1v) is 8.58. The lowest BCUT2D eigenvalue weighted by Crippen LogP contribution is -2.35. The molecular weight excluding hydrogens is 317 g/mol. The Morgan fingerprint density at radius 2 is 1.80 bits per heavy atom. The minimum Gasteiger partial charge on any atom is -0.307 e. The van der Waals surface area contributed by atoms with Gasteiger partial charge in [-0.1, -0.05) is 41.6 Å². The summed E-state index contributed by atoms with van der Waals surface area (Å²) in [6.07, 6.45) is 8.05. The fourth-order valence-corrected chi connectivity index (χ4v) is 3.66. The number of hydrogen-bond acceptors (Lipinski definition) is 1. The third-order valence-corrected chi connectivity index (χ3v) is 5.04. The van der Waals surface area contributed by atoms with Gasteiger partial charge in [0.15, 0.2) is 0 Å². The topological polar surface area (TPSA) is 12.0 Å². The fourth-order valence-electron chi connectivity index (χ4n) is 3.28. The maximum atomic E-state index is 13.9. The van der Waals surface area contributed by atoms with Crippen LogP contribution in [0.1, 0.15) is 64.0 Å². The summed E-state index contributed by atoms with van der Waals surface area (Å²) in [5.74, 6) is 0.608. The van der Waals surface area contributed by atoms with Crippen LogP contribution in [0.25, 0.3) is 0 Å². The Hall–Kier alpha value is -0.410. The van der Waals surface area contributed by atoms with E-state index >= 15 is 0 Å². The van der Waals surface area contributed by atoms with Gasteiger partial charge in [0.2, 0.25) is 0 Å². The smallest absolute Gasteiger partial charge is 0.128 e. The molecule has 1 fully saturated rings. The summed E-state index contributed by atoms with van der Waals surface area (Å²) in [4.78, 5) is 0. The molecule has 0 bridgehead atoms. The van der Waals surface area contributed by atoms with Crippen molar-refractivity contribution in [1.29, 1.82) is 0 Å². The number of halogens is 2. The first-order valence-electron chi connectivity index (χ1n) is 7.79. The average Bonchev–Trinajstić information content (AvgIpc) is 2.70. The molecule has 0 aliphatic heterocycles. The zero-order valence-electron chi connectivity index (χ0n) is 12.5. The minimum absolute atomic E-state index is 0.0470. The molecule has 1 unspecified atom stereocenters. The molecule has 112 valence electrons. The molecule has 3 heteroatoms. The van der Waals surface area contributed by atoms with Crippen LogP contribution >= 0.6 is 15.9 Å². The van der Waals surface area contributed by atoms with E-state index in [2.05, 4.69) is 35.1 Å². The van der Waals surface area contributed by atoms with Crippen LogP contribution in [0, 0.1) is 11.7 Å². The Morgan fingerprint density at radius 1 is 1.15 bits per heavy atom. The van der Waals surface area contributed by atoms with Crippen molar-refractivity contribution in [2.24, 2.45) is 5.92 Å². The third-order valence-electron chi connectivity index (χ3n) is 4.54. The molecule has 2 atom stereocenters. The van der Waals surface area contributed by atoms with E-state index in [1.54, 1.807) is 6.07 Å². The average molecular weight is 342 g/mol. The van der Waals surface area contributed by atoms with Crippen LogP contribution in [0.3, 0.4) is 0 Å². The summed E-state index contributed by atoms with van der Waals surface area (Å²) in [5.41, 5.74) is 0.750. The first-order chi connectivity index (χ1) is 9.58. The molecule has 0 spiro atoms. The first kappa shape index (κ1) is 16.0. The highest BCUT2D eigenvalue weighted by Gasteiger charge is 2.21. The molecule has 1 nitrogen and oxygen atoms in total. The quantitative estimate of drug-likeness (QED) is 0.703. The van der Waals surface area contributed by atoms with Crippen molar-refractivity contribution in [3.05, 3.63) is 34.1 Å². The second-order valence-electron chi connectivity index (χ2n) is 6.09. The molecule has 2 rings (SSSR count). The number of benzene rings is 1. The van der Waals surface area contributed by atoms with Gasteiger partial charge in [-0.15, -0.1) is 0 Å². The van der Waals surface area contributed by atoms with Crippen LogP contribution in [0.5, 0.6) is 0 Å². The zero-order valence-corrected chi connectivity index (χ0v) is 14.0. The van der Waals surface area contributed by atoms with Crippen molar-refractivity contribution in [3.8, 4) is 0 Å². The number of nitrogens with one attached hydrogen (secondary N) is 1. The largest absolute Gasteiger partial charge is 0.307 e. The third kappa shape index (κ3) is 4.29. The van der Waals surface area contributed by atoms with E-state index in [4.69, 9.17) is 0 Å². The highest BCUT2D eigenvalue weighted by molar-refractivity contribution is 9.10. The second kappa shape index (κ2) is 7.56. The zero-order chi connectivity index (χ0) is 14.5. The van der Waals surface area contributed by atoms with Gasteiger partial charge >= 0.3 is 0 Å². The number of hydrogen-bond donors (Lipinski definition) is 1. The predicted molar refractivity (Wildman–Crippen MR) is 86.3 cm³/mol. The van der Waals surface area contributed by atoms with Gasteiger partial charge in [0, 0.05) is 22.1 Å². The minimum atomic E-state index is -0.124. The standard InChI is InChI=1S/C17H25BrFN/c1-12(14-7-5-3-4-6-8-14)20-13(2)16-11-15(18)9-10-17(16)19/h9-14,20H,3-8H2,1-2H3/t12-,13?/m1/s1. The van der Waals surface area contributed by atoms with Gasteiger partial charge < -0.3 is 5.32 Å². The summed E-state index contributed by atoms with van der Waals surface area (Å²) < 4.78 is 14.9. The van der Waals surface area contributed by atoms with Crippen molar-refractivity contribution in [2.75, 3.05) is 0 Å². The van der Waals surface area contributed by atoms with E-state index in [0.29, 0.717) is 6.04 Å². The Morgan fingerprint density at radius 3 is 2.45 bits per heavy atom. The molecule has 1 aromatic carbocycles. The Balaban J connectivity index is 1.99. The summed E-state index contributed by atoms with van der Waals surface area (Å²) in [6.45, 7) is 4.31. The molecule has 1 aromatic rings. The van der Waals surface area contributed by atoms with E-state index in [-0.39, 0.29) is 11.9 Å². The fraction of sp³-hybridized carbons (Fsp3) is 0.647. The van der Waals surface area contributed by atoms with Crippen LogP contribution in [-0.2, 0) is 0 Å². The van der Waals surface area contributed by atoms with Crippen molar-refractivity contribution < 1.29 is 4.39 Å². The predicted octanol–water partition coefficient (Wildman–Crippen LogP) is 5.60. The molecular formula is C17H25BrFN. The van der Waals surface area contributed by atoms with Gasteiger partial charge in [-0.05, 0) is 50.8 Å². The van der Waals surface area contributed by atoms with Gasteiger partial charge in [-0.25, -0.2) is 4.39 Å². The maximum Gasteiger partial charge on any atom is 0.128 e. The summed E-state index contributed by atoms with van der Waals surface area (Å²) in [5, 5.41) is 3.60. The lowest BCUT2D eigenvalue weighted by molar-refractivity contribution is 0.314. The monoisotopic (exact) mass is 341 g/mol. The molecule has 1 N–H and O–H groups in total. The van der Waals surface area contributed by atoms with Crippen molar-refractivity contribution in [2.45, 2.75) is 64.5 Å². The van der Waals surface area contributed by atoms with Crippen LogP contribution in [0.2, 0.25) is 0 Å². The van der Waals surface area contributed by atoms with Gasteiger partial charge in [0.05, 0.1) is 0 Å². The molecule has 0 heterocycles. The molecule has 0 saturated heterocycles. The molecule has 0 radical (unpaired) electrons.